The molecule has 3 N–H and O–H groups in total. The number of H-pyrrole nitrogens is 1. The number of carbonyl (C=O) groups is 2. The first-order chi connectivity index (χ1) is 14.9. The minimum absolute atomic E-state index is 0.0935. The number of benzene rings is 1. The fourth-order valence-electron chi connectivity index (χ4n) is 4.75. The summed E-state index contributed by atoms with van der Waals surface area (Å²) in [6.07, 6.45) is 7.00. The Morgan fingerprint density at radius 3 is 2.42 bits per heavy atom. The number of hydrogen-bond acceptors (Lipinski definition) is 5. The van der Waals surface area contributed by atoms with Crippen molar-refractivity contribution in [3.63, 3.8) is 0 Å². The van der Waals surface area contributed by atoms with Gasteiger partial charge in [-0.25, -0.2) is 4.79 Å². The van der Waals surface area contributed by atoms with E-state index in [9.17, 15) is 9.59 Å². The van der Waals surface area contributed by atoms with Crippen LogP contribution < -0.4 is 10.5 Å². The molecule has 0 spiro atoms. The molecule has 4 rings (SSSR count). The maximum atomic E-state index is 12.8. The summed E-state index contributed by atoms with van der Waals surface area (Å²) in [5, 5.41) is 0.597. The summed E-state index contributed by atoms with van der Waals surface area (Å²) < 4.78 is 11.9. The molecule has 1 amide bonds. The molecule has 1 saturated carbocycles. The van der Waals surface area contributed by atoms with Crippen molar-refractivity contribution < 1.29 is 19.1 Å². The van der Waals surface area contributed by atoms with Crippen molar-refractivity contribution in [1.29, 1.82) is 0 Å². The zero-order valence-electron chi connectivity index (χ0n) is 18.5. The van der Waals surface area contributed by atoms with Crippen LogP contribution in [0.3, 0.4) is 0 Å². The Bertz CT molecular complexity index is 938. The number of nitrogens with zero attached hydrogens (tertiary/aromatic N) is 1. The van der Waals surface area contributed by atoms with Crippen LogP contribution >= 0.6 is 0 Å². The predicted octanol–water partition coefficient (Wildman–Crippen LogP) is 4.01. The van der Waals surface area contributed by atoms with Gasteiger partial charge in [-0.1, -0.05) is 6.42 Å². The Labute approximate surface area is 183 Å². The van der Waals surface area contributed by atoms with Gasteiger partial charge < -0.3 is 25.1 Å². The van der Waals surface area contributed by atoms with Crippen molar-refractivity contribution >= 4 is 22.8 Å². The quantitative estimate of drug-likeness (QED) is 0.679. The molecular formula is C24H33N3O4. The number of aromatic nitrogens is 1. The average molecular weight is 428 g/mol. The van der Waals surface area contributed by atoms with E-state index in [1.165, 1.54) is 6.42 Å². The zero-order valence-corrected chi connectivity index (χ0v) is 18.5. The number of rotatable bonds is 6. The highest BCUT2D eigenvalue weighted by atomic mass is 16.5. The summed E-state index contributed by atoms with van der Waals surface area (Å²) in [6, 6.07) is 6.05. The first kappa shape index (κ1) is 21.7. The Morgan fingerprint density at radius 1 is 1.06 bits per heavy atom. The summed E-state index contributed by atoms with van der Waals surface area (Å²) in [4.78, 5) is 30.5. The molecule has 7 heteroatoms. The molecule has 168 valence electrons. The Hall–Kier alpha value is -2.54. The first-order valence-electron chi connectivity index (χ1n) is 11.5. The van der Waals surface area contributed by atoms with E-state index in [4.69, 9.17) is 15.2 Å². The van der Waals surface area contributed by atoms with E-state index < -0.39 is 11.9 Å². The third-order valence-electron chi connectivity index (χ3n) is 6.56. The molecule has 1 saturated heterocycles. The number of aromatic amines is 1. The maximum absolute atomic E-state index is 12.8. The van der Waals surface area contributed by atoms with Gasteiger partial charge in [-0.15, -0.1) is 0 Å². The topological polar surface area (TPSA) is 97.7 Å². The second-order valence-electron chi connectivity index (χ2n) is 9.06. The molecule has 31 heavy (non-hydrogen) atoms. The summed E-state index contributed by atoms with van der Waals surface area (Å²) in [5.74, 6) is -0.478. The van der Waals surface area contributed by atoms with Gasteiger partial charge in [-0.3, -0.25) is 4.79 Å². The standard InChI is InChI=1S/C24H33N3O4/c1-15(2)27-12-10-17(11-13-27)30-18-8-9-20-19(14-18)21(23(25)28)22(26-20)24(29)31-16-6-4-3-5-7-16/h8-9,14-17,26H,3-7,10-13H2,1-2H3,(H2,25,28). The Balaban J connectivity index is 1.52. The van der Waals surface area contributed by atoms with Crippen molar-refractivity contribution in [3.8, 4) is 5.75 Å². The molecule has 1 aliphatic heterocycles. The lowest BCUT2D eigenvalue weighted by molar-refractivity contribution is 0.0203. The lowest BCUT2D eigenvalue weighted by Crippen LogP contribution is -2.41. The van der Waals surface area contributed by atoms with Crippen LogP contribution in [0, 0.1) is 0 Å². The van der Waals surface area contributed by atoms with Crippen molar-refractivity contribution in [2.75, 3.05) is 13.1 Å². The van der Waals surface area contributed by atoms with Crippen LogP contribution in [0.5, 0.6) is 5.75 Å². The fourth-order valence-corrected chi connectivity index (χ4v) is 4.75. The van der Waals surface area contributed by atoms with Crippen molar-refractivity contribution in [1.82, 2.24) is 9.88 Å². The summed E-state index contributed by atoms with van der Waals surface area (Å²) in [5.41, 5.74) is 6.64. The highest BCUT2D eigenvalue weighted by molar-refractivity contribution is 6.14. The van der Waals surface area contributed by atoms with Gasteiger partial charge >= 0.3 is 5.97 Å². The lowest BCUT2D eigenvalue weighted by Gasteiger charge is -2.34. The van der Waals surface area contributed by atoms with Crippen molar-refractivity contribution in [2.24, 2.45) is 5.73 Å². The first-order valence-corrected chi connectivity index (χ1v) is 11.5. The molecule has 7 nitrogen and oxygen atoms in total. The van der Waals surface area contributed by atoms with Gasteiger partial charge in [0.15, 0.2) is 0 Å². The lowest BCUT2D eigenvalue weighted by atomic mass is 9.98. The number of carbonyl (C=O) groups excluding carboxylic acids is 2. The minimum atomic E-state index is -0.649. The second kappa shape index (κ2) is 9.30. The molecule has 2 fully saturated rings. The highest BCUT2D eigenvalue weighted by Gasteiger charge is 2.27. The van der Waals surface area contributed by atoms with E-state index in [1.54, 1.807) is 6.07 Å². The minimum Gasteiger partial charge on any atom is -0.490 e. The normalized spacial score (nSPS) is 19.1. The molecule has 2 aromatic rings. The number of esters is 1. The SMILES string of the molecule is CC(C)N1CCC(Oc2ccc3[nH]c(C(=O)OC4CCCCC4)c(C(N)=O)c3c2)CC1. The molecular weight excluding hydrogens is 394 g/mol. The third-order valence-corrected chi connectivity index (χ3v) is 6.56. The van der Waals surface area contributed by atoms with E-state index in [0.717, 1.165) is 51.6 Å². The number of ether oxygens (including phenoxy) is 2. The van der Waals surface area contributed by atoms with Gasteiger partial charge in [0.25, 0.3) is 5.91 Å². The fraction of sp³-hybridized carbons (Fsp3) is 0.583. The van der Waals surface area contributed by atoms with Gasteiger partial charge in [0.05, 0.1) is 5.56 Å². The van der Waals surface area contributed by atoms with Crippen LogP contribution in [0.1, 0.15) is 79.6 Å². The van der Waals surface area contributed by atoms with Gasteiger partial charge in [-0.2, -0.15) is 0 Å². The number of hydrogen-bond donors (Lipinski definition) is 2. The Morgan fingerprint density at radius 2 is 1.77 bits per heavy atom. The smallest absolute Gasteiger partial charge is 0.355 e. The van der Waals surface area contributed by atoms with Gasteiger partial charge in [0.1, 0.15) is 23.7 Å². The largest absolute Gasteiger partial charge is 0.490 e. The number of fused-ring (bicyclic) bond motifs is 1. The van der Waals surface area contributed by atoms with E-state index in [-0.39, 0.29) is 23.5 Å². The van der Waals surface area contributed by atoms with Gasteiger partial charge in [-0.05, 0) is 70.6 Å². The second-order valence-corrected chi connectivity index (χ2v) is 9.06. The molecule has 1 aliphatic carbocycles. The summed E-state index contributed by atoms with van der Waals surface area (Å²) in [6.45, 7) is 6.45. The average Bonchev–Trinajstić information content (AvgIpc) is 3.14. The summed E-state index contributed by atoms with van der Waals surface area (Å²) >= 11 is 0. The molecule has 0 radical (unpaired) electrons. The van der Waals surface area contributed by atoms with E-state index in [2.05, 4.69) is 23.7 Å². The molecule has 0 unspecified atom stereocenters. The van der Waals surface area contributed by atoms with Crippen LogP contribution in [-0.2, 0) is 4.74 Å². The van der Waals surface area contributed by atoms with Crippen LogP contribution in [0.25, 0.3) is 10.9 Å². The Kier molecular flexibility index (Phi) is 6.51. The van der Waals surface area contributed by atoms with E-state index in [0.29, 0.717) is 22.7 Å². The molecule has 0 bridgehead atoms. The van der Waals surface area contributed by atoms with Crippen LogP contribution in [0.2, 0.25) is 0 Å². The monoisotopic (exact) mass is 427 g/mol. The van der Waals surface area contributed by atoms with E-state index in [1.807, 2.05) is 12.1 Å². The van der Waals surface area contributed by atoms with Crippen LogP contribution in [-0.4, -0.2) is 53.1 Å². The highest BCUT2D eigenvalue weighted by Crippen LogP contribution is 2.30. The molecule has 2 aliphatic rings. The number of likely N-dealkylation sites (tertiary alicyclic amines) is 1. The predicted molar refractivity (Wildman–Crippen MR) is 119 cm³/mol. The molecule has 1 aromatic carbocycles. The van der Waals surface area contributed by atoms with Crippen molar-refractivity contribution in [2.45, 2.75) is 77.0 Å². The van der Waals surface area contributed by atoms with Crippen LogP contribution in [0.15, 0.2) is 18.2 Å². The van der Waals surface area contributed by atoms with Crippen molar-refractivity contribution in [3.05, 3.63) is 29.5 Å². The number of amides is 1. The zero-order chi connectivity index (χ0) is 22.0. The third kappa shape index (κ3) is 4.87. The molecule has 0 atom stereocenters. The number of primary amides is 1. The number of nitrogens with one attached hydrogen (secondary N) is 1. The van der Waals surface area contributed by atoms with Crippen LogP contribution in [0.4, 0.5) is 0 Å². The molecule has 2 heterocycles. The number of nitrogens with two attached hydrogens (primary N) is 1. The molecule has 1 aromatic heterocycles. The van der Waals surface area contributed by atoms with Gasteiger partial charge in [0, 0.05) is 30.0 Å². The van der Waals surface area contributed by atoms with Gasteiger partial charge in [0.2, 0.25) is 0 Å². The van der Waals surface area contributed by atoms with E-state index >= 15 is 0 Å². The maximum Gasteiger partial charge on any atom is 0.355 e. The number of piperidine rings is 1. The summed E-state index contributed by atoms with van der Waals surface area (Å²) in [7, 11) is 0.